The van der Waals surface area contributed by atoms with Crippen LogP contribution in [-0.2, 0) is 11.3 Å². The molecule has 1 unspecified atom stereocenters. The fourth-order valence-electron chi connectivity index (χ4n) is 1.90. The standard InChI is InChI=1S/C15H22FN3O2/c1-10(2)8-13(14(20)17-3)19-15(21)18-9-11-6-4-5-7-12(11)16/h4-7,10,13H,8-9H2,1-3H3,(H,17,20)(H2,18,19,21). The van der Waals surface area contributed by atoms with Crippen LogP contribution in [-0.4, -0.2) is 25.0 Å². The fraction of sp³-hybridized carbons (Fsp3) is 0.467. The molecule has 6 heteroatoms. The normalized spacial score (nSPS) is 11.9. The molecule has 0 aliphatic heterocycles. The lowest BCUT2D eigenvalue weighted by Gasteiger charge is -2.19. The van der Waals surface area contributed by atoms with Crippen LogP contribution in [0.1, 0.15) is 25.8 Å². The van der Waals surface area contributed by atoms with Crippen molar-refractivity contribution in [2.24, 2.45) is 5.92 Å². The zero-order valence-corrected chi connectivity index (χ0v) is 12.6. The molecule has 0 heterocycles. The molecule has 3 N–H and O–H groups in total. The van der Waals surface area contributed by atoms with Crippen molar-refractivity contribution in [3.05, 3.63) is 35.6 Å². The Labute approximate surface area is 124 Å². The molecule has 0 aliphatic carbocycles. The second kappa shape index (κ2) is 8.24. The molecule has 21 heavy (non-hydrogen) atoms. The Balaban J connectivity index is 2.54. The van der Waals surface area contributed by atoms with Gasteiger partial charge in [0.25, 0.3) is 0 Å². The van der Waals surface area contributed by atoms with Gasteiger partial charge < -0.3 is 16.0 Å². The van der Waals surface area contributed by atoms with Gasteiger partial charge in [-0.15, -0.1) is 0 Å². The molecule has 0 fully saturated rings. The van der Waals surface area contributed by atoms with Crippen molar-refractivity contribution < 1.29 is 14.0 Å². The summed E-state index contributed by atoms with van der Waals surface area (Å²) in [4.78, 5) is 23.5. The fourth-order valence-corrected chi connectivity index (χ4v) is 1.90. The Hall–Kier alpha value is -2.11. The number of amides is 3. The highest BCUT2D eigenvalue weighted by Gasteiger charge is 2.20. The molecule has 116 valence electrons. The number of carbonyl (C=O) groups excluding carboxylic acids is 2. The Morgan fingerprint density at radius 3 is 2.48 bits per heavy atom. The van der Waals surface area contributed by atoms with E-state index < -0.39 is 12.1 Å². The van der Waals surface area contributed by atoms with Crippen LogP contribution in [0.4, 0.5) is 9.18 Å². The number of halogens is 1. The maximum absolute atomic E-state index is 13.4. The Kier molecular flexibility index (Phi) is 6.65. The minimum absolute atomic E-state index is 0.0701. The zero-order valence-electron chi connectivity index (χ0n) is 12.6. The lowest BCUT2D eigenvalue weighted by atomic mass is 10.0. The Morgan fingerprint density at radius 1 is 1.24 bits per heavy atom. The average Bonchev–Trinajstić information content (AvgIpc) is 2.44. The monoisotopic (exact) mass is 295 g/mol. The third-order valence-electron chi connectivity index (χ3n) is 2.97. The van der Waals surface area contributed by atoms with E-state index in [2.05, 4.69) is 16.0 Å². The quantitative estimate of drug-likeness (QED) is 0.749. The van der Waals surface area contributed by atoms with E-state index in [1.807, 2.05) is 13.8 Å². The summed E-state index contributed by atoms with van der Waals surface area (Å²) in [6.07, 6.45) is 0.535. The van der Waals surface area contributed by atoms with Gasteiger partial charge >= 0.3 is 6.03 Å². The van der Waals surface area contributed by atoms with Crippen molar-refractivity contribution in [3.63, 3.8) is 0 Å². The summed E-state index contributed by atoms with van der Waals surface area (Å²) in [7, 11) is 1.52. The molecule has 0 saturated carbocycles. The van der Waals surface area contributed by atoms with E-state index in [0.29, 0.717) is 12.0 Å². The van der Waals surface area contributed by atoms with Crippen LogP contribution in [0, 0.1) is 11.7 Å². The van der Waals surface area contributed by atoms with Gasteiger partial charge in [0.2, 0.25) is 5.91 Å². The van der Waals surface area contributed by atoms with Crippen LogP contribution in [0.25, 0.3) is 0 Å². The highest BCUT2D eigenvalue weighted by atomic mass is 19.1. The van der Waals surface area contributed by atoms with Gasteiger partial charge in [-0.1, -0.05) is 32.0 Å². The van der Waals surface area contributed by atoms with Crippen LogP contribution >= 0.6 is 0 Å². The van der Waals surface area contributed by atoms with Crippen molar-refractivity contribution in [2.75, 3.05) is 7.05 Å². The van der Waals surface area contributed by atoms with Gasteiger partial charge in [0.1, 0.15) is 11.9 Å². The lowest BCUT2D eigenvalue weighted by molar-refractivity contribution is -0.122. The van der Waals surface area contributed by atoms with E-state index in [0.717, 1.165) is 0 Å². The van der Waals surface area contributed by atoms with E-state index in [1.165, 1.54) is 13.1 Å². The highest BCUT2D eigenvalue weighted by Crippen LogP contribution is 2.06. The number of likely N-dealkylation sites (N-methyl/N-ethyl adjacent to an activating group) is 1. The molecular formula is C15H22FN3O2. The topological polar surface area (TPSA) is 70.2 Å². The maximum Gasteiger partial charge on any atom is 0.315 e. The third-order valence-corrected chi connectivity index (χ3v) is 2.97. The summed E-state index contributed by atoms with van der Waals surface area (Å²) in [5, 5.41) is 7.67. The molecule has 1 atom stereocenters. The van der Waals surface area contributed by atoms with E-state index in [-0.39, 0.29) is 24.2 Å². The van der Waals surface area contributed by atoms with Gasteiger partial charge in [-0.05, 0) is 18.4 Å². The number of benzene rings is 1. The van der Waals surface area contributed by atoms with Crippen molar-refractivity contribution in [1.29, 1.82) is 0 Å². The van der Waals surface area contributed by atoms with Crippen molar-refractivity contribution in [2.45, 2.75) is 32.9 Å². The van der Waals surface area contributed by atoms with Gasteiger partial charge in [-0.2, -0.15) is 0 Å². The van der Waals surface area contributed by atoms with Crippen LogP contribution in [0.2, 0.25) is 0 Å². The van der Waals surface area contributed by atoms with Gasteiger partial charge in [0.15, 0.2) is 0 Å². The first kappa shape index (κ1) is 16.9. The molecule has 0 saturated heterocycles. The average molecular weight is 295 g/mol. The highest BCUT2D eigenvalue weighted by molar-refractivity contribution is 5.86. The maximum atomic E-state index is 13.4. The molecule has 0 bridgehead atoms. The number of hydrogen-bond donors (Lipinski definition) is 3. The predicted molar refractivity (Wildman–Crippen MR) is 79.1 cm³/mol. The summed E-state index contributed by atoms with van der Waals surface area (Å²) >= 11 is 0. The molecule has 1 rings (SSSR count). The van der Waals surface area contributed by atoms with E-state index in [1.54, 1.807) is 18.2 Å². The minimum atomic E-state index is -0.601. The summed E-state index contributed by atoms with van der Waals surface area (Å²) in [6, 6.07) is 5.12. The zero-order chi connectivity index (χ0) is 15.8. The second-order valence-corrected chi connectivity index (χ2v) is 5.21. The van der Waals surface area contributed by atoms with Crippen LogP contribution in [0.3, 0.4) is 0 Å². The SMILES string of the molecule is CNC(=O)C(CC(C)C)NC(=O)NCc1ccccc1F. The molecule has 1 aromatic carbocycles. The first-order valence-electron chi connectivity index (χ1n) is 6.93. The lowest BCUT2D eigenvalue weighted by Crippen LogP contribution is -2.49. The number of rotatable bonds is 6. The number of hydrogen-bond acceptors (Lipinski definition) is 2. The molecule has 5 nitrogen and oxygen atoms in total. The first-order valence-corrected chi connectivity index (χ1v) is 6.93. The van der Waals surface area contributed by atoms with E-state index >= 15 is 0 Å². The van der Waals surface area contributed by atoms with Crippen LogP contribution in [0.5, 0.6) is 0 Å². The van der Waals surface area contributed by atoms with Crippen molar-refractivity contribution in [1.82, 2.24) is 16.0 Å². The molecule has 0 aromatic heterocycles. The van der Waals surface area contributed by atoms with E-state index in [9.17, 15) is 14.0 Å². The van der Waals surface area contributed by atoms with Crippen molar-refractivity contribution in [3.8, 4) is 0 Å². The van der Waals surface area contributed by atoms with Gasteiger partial charge in [0, 0.05) is 19.2 Å². The van der Waals surface area contributed by atoms with Gasteiger partial charge in [-0.25, -0.2) is 9.18 Å². The minimum Gasteiger partial charge on any atom is -0.357 e. The molecule has 3 amide bonds. The van der Waals surface area contributed by atoms with Gasteiger partial charge in [-0.3, -0.25) is 4.79 Å². The number of carbonyl (C=O) groups is 2. The van der Waals surface area contributed by atoms with E-state index in [4.69, 9.17) is 0 Å². The smallest absolute Gasteiger partial charge is 0.315 e. The summed E-state index contributed by atoms with van der Waals surface area (Å²) < 4.78 is 13.4. The predicted octanol–water partition coefficient (Wildman–Crippen LogP) is 1.79. The molecular weight excluding hydrogens is 273 g/mol. The molecule has 1 aromatic rings. The Morgan fingerprint density at radius 2 is 1.90 bits per heavy atom. The summed E-state index contributed by atoms with van der Waals surface area (Å²) in [5.41, 5.74) is 0.396. The number of urea groups is 1. The summed E-state index contributed by atoms with van der Waals surface area (Å²) in [5.74, 6) is -0.355. The summed E-state index contributed by atoms with van der Waals surface area (Å²) in [6.45, 7) is 4.00. The number of nitrogens with one attached hydrogen (secondary N) is 3. The molecule has 0 radical (unpaired) electrons. The van der Waals surface area contributed by atoms with Crippen LogP contribution < -0.4 is 16.0 Å². The van der Waals surface area contributed by atoms with Crippen LogP contribution in [0.15, 0.2) is 24.3 Å². The molecule has 0 spiro atoms. The van der Waals surface area contributed by atoms with Crippen molar-refractivity contribution >= 4 is 11.9 Å². The van der Waals surface area contributed by atoms with Gasteiger partial charge in [0.05, 0.1) is 0 Å². The third kappa shape index (κ3) is 5.81. The second-order valence-electron chi connectivity index (χ2n) is 5.21. The molecule has 0 aliphatic rings. The Bertz CT molecular complexity index is 492. The first-order chi connectivity index (χ1) is 9.93. The largest absolute Gasteiger partial charge is 0.357 e.